The minimum atomic E-state index is -1.94. The van der Waals surface area contributed by atoms with E-state index in [0.29, 0.717) is 53.3 Å². The molecule has 72 heavy (non-hydrogen) atoms. The van der Waals surface area contributed by atoms with Crippen molar-refractivity contribution in [1.29, 1.82) is 0 Å². The van der Waals surface area contributed by atoms with Gasteiger partial charge in [0.1, 0.15) is 36.8 Å². The van der Waals surface area contributed by atoms with Crippen molar-refractivity contribution >= 4 is 58.3 Å². The Kier molecular flexibility index (Phi) is 16.4. The van der Waals surface area contributed by atoms with Crippen molar-refractivity contribution in [3.8, 4) is 17.1 Å². The number of nitrogens with two attached hydrogens (primary N) is 1. The molecule has 20 nitrogen and oxygen atoms in total. The highest BCUT2D eigenvalue weighted by Crippen LogP contribution is 2.41. The number of Topliss-reactive ketones (excluding diaryl/α,β-unsaturated/α-hetero) is 1. The number of piperazine rings is 1. The zero-order valence-corrected chi connectivity index (χ0v) is 41.6. The number of cyclic esters (lactones) is 1. The lowest BCUT2D eigenvalue weighted by Gasteiger charge is -2.33. The Bertz CT molecular complexity index is 2820. The first-order chi connectivity index (χ1) is 34.4. The lowest BCUT2D eigenvalue weighted by atomic mass is 9.86. The minimum absolute atomic E-state index is 0.0373. The molecule has 3 aliphatic heterocycles. The van der Waals surface area contributed by atoms with Crippen LogP contribution >= 0.6 is 0 Å². The molecule has 1 saturated heterocycles. The number of nitrogens with one attached hydrogen (secondary N) is 3. The second-order valence-electron chi connectivity index (χ2n) is 19.0. The fourth-order valence-corrected chi connectivity index (χ4v) is 9.15. The SMILES string of the molecule is CCc1c2c(nc3ccc(OC(=O)N4CCN(C(=O)OCc5ccc(NC(=O)[C@H](CCCN)NC(=O)[C@@H](NC(=O)CCC(=O)C(C)C)C(C)C)cc5)CC4)cc13)-c1cc3c(c(=O)n1C2)COC(=O)[C@]3(O)CC. The van der Waals surface area contributed by atoms with E-state index in [2.05, 4.69) is 16.0 Å². The molecule has 0 saturated carbocycles. The Morgan fingerprint density at radius 3 is 2.21 bits per heavy atom. The molecular weight excluding hydrogens is 929 g/mol. The molecule has 0 spiro atoms. The number of esters is 1. The number of aryl methyl sites for hydroxylation is 1. The summed E-state index contributed by atoms with van der Waals surface area (Å²) < 4.78 is 18.2. The number of pyridine rings is 2. The molecule has 20 heteroatoms. The number of anilines is 1. The van der Waals surface area contributed by atoms with E-state index in [1.807, 2.05) is 6.92 Å². The van der Waals surface area contributed by atoms with Crippen LogP contribution < -0.4 is 32.0 Å². The topological polar surface area (TPSA) is 271 Å². The van der Waals surface area contributed by atoms with Gasteiger partial charge in [-0.25, -0.2) is 19.4 Å². The molecule has 0 aliphatic carbocycles. The maximum atomic E-state index is 13.7. The Morgan fingerprint density at radius 1 is 0.875 bits per heavy atom. The van der Waals surface area contributed by atoms with E-state index >= 15 is 0 Å². The van der Waals surface area contributed by atoms with Crippen molar-refractivity contribution in [2.45, 2.75) is 118 Å². The molecule has 5 amide bonds. The van der Waals surface area contributed by atoms with Crippen LogP contribution in [0.4, 0.5) is 15.3 Å². The zero-order valence-electron chi connectivity index (χ0n) is 41.6. The van der Waals surface area contributed by atoms with E-state index in [0.717, 1.165) is 16.5 Å². The summed E-state index contributed by atoms with van der Waals surface area (Å²) in [4.78, 5) is 112. The van der Waals surface area contributed by atoms with Gasteiger partial charge in [0.05, 0.1) is 29.0 Å². The van der Waals surface area contributed by atoms with Crippen LogP contribution in [0.2, 0.25) is 0 Å². The van der Waals surface area contributed by atoms with Gasteiger partial charge < -0.3 is 55.4 Å². The molecule has 4 aromatic rings. The summed E-state index contributed by atoms with van der Waals surface area (Å²) in [6.07, 6.45) is 0.198. The van der Waals surface area contributed by atoms with Gasteiger partial charge in [0, 0.05) is 67.1 Å². The summed E-state index contributed by atoms with van der Waals surface area (Å²) in [7, 11) is 0. The number of ether oxygens (including phenoxy) is 3. The molecule has 0 bridgehead atoms. The van der Waals surface area contributed by atoms with Gasteiger partial charge >= 0.3 is 18.2 Å². The molecule has 5 heterocycles. The van der Waals surface area contributed by atoms with Gasteiger partial charge in [-0.15, -0.1) is 0 Å². The van der Waals surface area contributed by atoms with E-state index in [-0.39, 0.29) is 106 Å². The Morgan fingerprint density at radius 2 is 1.57 bits per heavy atom. The van der Waals surface area contributed by atoms with E-state index in [9.17, 15) is 43.5 Å². The van der Waals surface area contributed by atoms with Crippen LogP contribution in [0.3, 0.4) is 0 Å². The van der Waals surface area contributed by atoms with E-state index in [4.69, 9.17) is 24.9 Å². The van der Waals surface area contributed by atoms with Crippen LogP contribution in [0.1, 0.15) is 101 Å². The lowest BCUT2D eigenvalue weighted by Crippen LogP contribution is -2.54. The molecule has 3 aliphatic rings. The second kappa shape index (κ2) is 22.5. The first-order valence-corrected chi connectivity index (χ1v) is 24.6. The van der Waals surface area contributed by atoms with Gasteiger partial charge in [0.2, 0.25) is 17.7 Å². The number of amides is 5. The van der Waals surface area contributed by atoms with Gasteiger partial charge in [-0.3, -0.25) is 24.0 Å². The third-order valence-corrected chi connectivity index (χ3v) is 13.6. The molecule has 7 rings (SSSR count). The summed E-state index contributed by atoms with van der Waals surface area (Å²) in [5, 5.41) is 20.3. The summed E-state index contributed by atoms with van der Waals surface area (Å²) in [6, 6.07) is 11.6. The summed E-state index contributed by atoms with van der Waals surface area (Å²) >= 11 is 0. The molecule has 3 atom stereocenters. The Balaban J connectivity index is 0.897. The number of carbonyl (C=O) groups is 7. The quantitative estimate of drug-likeness (QED) is 0.0762. The van der Waals surface area contributed by atoms with Crippen LogP contribution in [-0.2, 0) is 65.2 Å². The third kappa shape index (κ3) is 11.3. The van der Waals surface area contributed by atoms with Crippen molar-refractivity contribution in [2.75, 3.05) is 38.0 Å². The van der Waals surface area contributed by atoms with E-state index in [1.165, 1.54) is 9.80 Å². The number of aliphatic hydroxyl groups is 1. The summed E-state index contributed by atoms with van der Waals surface area (Å²) in [5.41, 5.74) is 8.46. The van der Waals surface area contributed by atoms with Gasteiger partial charge in [-0.05, 0) is 85.7 Å². The van der Waals surface area contributed by atoms with Crippen molar-refractivity contribution < 1.29 is 52.9 Å². The monoisotopic (exact) mass is 992 g/mol. The number of rotatable bonds is 18. The molecular formula is C52H64N8O12. The van der Waals surface area contributed by atoms with Crippen molar-refractivity contribution in [3.05, 3.63) is 86.7 Å². The maximum Gasteiger partial charge on any atom is 0.415 e. The average molecular weight is 993 g/mol. The number of nitrogens with zero attached hydrogens (tertiary/aromatic N) is 4. The number of carbonyl (C=O) groups excluding carboxylic acids is 7. The second-order valence-corrected chi connectivity index (χ2v) is 19.0. The predicted molar refractivity (Wildman–Crippen MR) is 264 cm³/mol. The first kappa shape index (κ1) is 52.6. The highest BCUT2D eigenvalue weighted by atomic mass is 16.6. The molecule has 0 unspecified atom stereocenters. The lowest BCUT2D eigenvalue weighted by molar-refractivity contribution is -0.172. The number of benzene rings is 2. The average Bonchev–Trinajstić information content (AvgIpc) is 3.74. The van der Waals surface area contributed by atoms with Crippen LogP contribution in [0, 0.1) is 11.8 Å². The van der Waals surface area contributed by atoms with Crippen LogP contribution in [0.15, 0.2) is 53.3 Å². The number of aromatic nitrogens is 2. The normalized spacial score (nSPS) is 16.8. The Hall–Kier alpha value is -7.19. The zero-order chi connectivity index (χ0) is 52.0. The van der Waals surface area contributed by atoms with E-state index < -0.39 is 53.6 Å². The number of hydrogen-bond acceptors (Lipinski definition) is 14. The first-order valence-electron chi connectivity index (χ1n) is 24.6. The molecule has 2 aromatic carbocycles. The standard InChI is InChI=1S/C52H64N8O12/c1-7-34-35-24-33(15-16-39(35)55-45-36(34)26-60-41(45)25-38-37(48(60)65)28-70-49(66)52(38,69)8-2)72-51(68)59-22-20-58(21-23-59)50(67)71-27-31-11-13-32(14-12-31)54-46(63)40(10-9-19-53)56-47(64)44(30(5)6)57-43(62)18-17-42(61)29(3)4/h11-16,24-25,29-30,40,44,69H,7-10,17-23,26-28,53H2,1-6H3,(H,54,63)(H,56,64)(H,57,62)/t40-,44-,52-/m0/s1. The molecule has 6 N–H and O–H groups in total. The highest BCUT2D eigenvalue weighted by Gasteiger charge is 2.45. The molecule has 0 radical (unpaired) electrons. The summed E-state index contributed by atoms with van der Waals surface area (Å²) in [6.45, 7) is 11.8. The molecule has 1 fully saturated rings. The van der Waals surface area contributed by atoms with E-state index in [1.54, 1.807) is 87.7 Å². The number of fused-ring (bicyclic) bond motifs is 5. The summed E-state index contributed by atoms with van der Waals surface area (Å²) in [5.74, 6) is -2.48. The highest BCUT2D eigenvalue weighted by molar-refractivity contribution is 5.99. The van der Waals surface area contributed by atoms with Gasteiger partial charge in [-0.1, -0.05) is 53.7 Å². The minimum Gasteiger partial charge on any atom is -0.458 e. The van der Waals surface area contributed by atoms with Crippen molar-refractivity contribution in [1.82, 2.24) is 30.0 Å². The van der Waals surface area contributed by atoms with Gasteiger partial charge in [-0.2, -0.15) is 0 Å². The predicted octanol–water partition coefficient (Wildman–Crippen LogP) is 4.40. The number of ketones is 1. The van der Waals surface area contributed by atoms with Gasteiger partial charge in [0.15, 0.2) is 5.60 Å². The number of hydrogen-bond donors (Lipinski definition) is 5. The molecule has 384 valence electrons. The maximum absolute atomic E-state index is 13.7. The third-order valence-electron chi connectivity index (χ3n) is 13.6. The van der Waals surface area contributed by atoms with Crippen molar-refractivity contribution in [3.63, 3.8) is 0 Å². The van der Waals surface area contributed by atoms with Crippen LogP contribution in [-0.4, -0.2) is 111 Å². The largest absolute Gasteiger partial charge is 0.458 e. The fourth-order valence-electron chi connectivity index (χ4n) is 9.15. The Labute approximate surface area is 416 Å². The smallest absolute Gasteiger partial charge is 0.415 e. The molecule has 2 aromatic heterocycles. The van der Waals surface area contributed by atoms with Crippen molar-refractivity contribution in [2.24, 2.45) is 17.6 Å². The van der Waals surface area contributed by atoms with Gasteiger partial charge in [0.25, 0.3) is 5.56 Å². The van der Waals surface area contributed by atoms with Crippen LogP contribution in [0.5, 0.6) is 5.75 Å². The van der Waals surface area contributed by atoms with Crippen LogP contribution in [0.25, 0.3) is 22.3 Å². The fraction of sp³-hybridized carbons (Fsp3) is 0.481.